The van der Waals surface area contributed by atoms with Crippen LogP contribution in [0.25, 0.3) is 5.69 Å². The minimum atomic E-state index is 0.346. The van der Waals surface area contributed by atoms with E-state index >= 15 is 0 Å². The highest BCUT2D eigenvalue weighted by molar-refractivity contribution is 6.30. The molecule has 0 atom stereocenters. The minimum Gasteiger partial charge on any atom is -0.494 e. The number of aromatic nitrogens is 3. The monoisotopic (exact) mass is 277 g/mol. The van der Waals surface area contributed by atoms with E-state index in [4.69, 9.17) is 16.3 Å². The largest absolute Gasteiger partial charge is 0.494 e. The van der Waals surface area contributed by atoms with Crippen molar-refractivity contribution in [3.05, 3.63) is 34.6 Å². The maximum atomic E-state index is 11.1. The van der Waals surface area contributed by atoms with Gasteiger partial charge in [-0.05, 0) is 31.0 Å². The zero-order valence-corrected chi connectivity index (χ0v) is 11.1. The standard InChI is InChI=1S/C13H12ClN3O2/c1-19-12-5-4-9(14)6-11(12)17-13(8-2-3-8)10(7-18)15-16-17/h4-8H,2-3H2,1H3. The van der Waals surface area contributed by atoms with Crippen LogP contribution in [0.1, 0.15) is 34.9 Å². The van der Waals surface area contributed by atoms with E-state index in [-0.39, 0.29) is 0 Å². The summed E-state index contributed by atoms with van der Waals surface area (Å²) < 4.78 is 6.98. The van der Waals surface area contributed by atoms with E-state index in [1.807, 2.05) is 0 Å². The molecule has 0 saturated heterocycles. The lowest BCUT2D eigenvalue weighted by Gasteiger charge is -2.11. The van der Waals surface area contributed by atoms with Gasteiger partial charge in [0, 0.05) is 10.9 Å². The topological polar surface area (TPSA) is 57.0 Å². The Labute approximate surface area is 115 Å². The molecule has 1 fully saturated rings. The van der Waals surface area contributed by atoms with Crippen LogP contribution in [0.3, 0.4) is 0 Å². The van der Waals surface area contributed by atoms with Crippen LogP contribution >= 0.6 is 11.6 Å². The summed E-state index contributed by atoms with van der Waals surface area (Å²) in [6, 6.07) is 5.28. The molecule has 1 aromatic heterocycles. The van der Waals surface area contributed by atoms with Crippen molar-refractivity contribution in [2.24, 2.45) is 0 Å². The number of hydrogen-bond donors (Lipinski definition) is 0. The Hall–Kier alpha value is -1.88. The third-order valence-corrected chi connectivity index (χ3v) is 3.41. The molecular formula is C13H12ClN3O2. The summed E-state index contributed by atoms with van der Waals surface area (Å²) in [5.74, 6) is 0.993. The quantitative estimate of drug-likeness (QED) is 0.806. The van der Waals surface area contributed by atoms with Gasteiger partial charge in [-0.2, -0.15) is 0 Å². The molecule has 0 amide bonds. The van der Waals surface area contributed by atoms with Gasteiger partial charge < -0.3 is 4.74 Å². The van der Waals surface area contributed by atoms with Crippen LogP contribution < -0.4 is 4.74 Å². The maximum absolute atomic E-state index is 11.1. The number of methoxy groups -OCH3 is 1. The van der Waals surface area contributed by atoms with Gasteiger partial charge in [0.25, 0.3) is 0 Å². The van der Waals surface area contributed by atoms with Crippen molar-refractivity contribution >= 4 is 17.9 Å². The minimum absolute atomic E-state index is 0.346. The molecule has 19 heavy (non-hydrogen) atoms. The molecule has 1 aromatic carbocycles. The van der Waals surface area contributed by atoms with E-state index in [0.29, 0.717) is 28.1 Å². The van der Waals surface area contributed by atoms with Crippen LogP contribution in [0.4, 0.5) is 0 Å². The van der Waals surface area contributed by atoms with E-state index in [9.17, 15) is 4.79 Å². The molecule has 2 aromatic rings. The van der Waals surface area contributed by atoms with Gasteiger partial charge in [-0.25, -0.2) is 4.68 Å². The fraction of sp³-hybridized carbons (Fsp3) is 0.308. The third kappa shape index (κ3) is 2.10. The van der Waals surface area contributed by atoms with Crippen molar-refractivity contribution in [2.75, 3.05) is 7.11 Å². The first-order chi connectivity index (χ1) is 9.24. The van der Waals surface area contributed by atoms with Crippen LogP contribution in [-0.4, -0.2) is 28.4 Å². The van der Waals surface area contributed by atoms with E-state index in [2.05, 4.69) is 10.3 Å². The van der Waals surface area contributed by atoms with Crippen LogP contribution in [0.15, 0.2) is 18.2 Å². The summed E-state index contributed by atoms with van der Waals surface area (Å²) in [4.78, 5) is 11.1. The smallest absolute Gasteiger partial charge is 0.172 e. The number of ether oxygens (including phenoxy) is 1. The average Bonchev–Trinajstić information content (AvgIpc) is 3.17. The van der Waals surface area contributed by atoms with Crippen LogP contribution in [0.2, 0.25) is 5.02 Å². The SMILES string of the molecule is COc1ccc(Cl)cc1-n1nnc(C=O)c1C1CC1. The fourth-order valence-corrected chi connectivity index (χ4v) is 2.30. The van der Waals surface area contributed by atoms with Gasteiger partial charge in [-0.1, -0.05) is 16.8 Å². The highest BCUT2D eigenvalue weighted by atomic mass is 35.5. The first-order valence-corrected chi connectivity index (χ1v) is 6.37. The number of halogens is 1. The summed E-state index contributed by atoms with van der Waals surface area (Å²) >= 11 is 6.03. The summed E-state index contributed by atoms with van der Waals surface area (Å²) in [5.41, 5.74) is 1.94. The molecule has 1 aliphatic carbocycles. The Morgan fingerprint density at radius 2 is 2.26 bits per heavy atom. The third-order valence-electron chi connectivity index (χ3n) is 3.18. The van der Waals surface area contributed by atoms with Crippen LogP contribution in [0, 0.1) is 0 Å². The van der Waals surface area contributed by atoms with Crippen LogP contribution in [0.5, 0.6) is 5.75 Å². The highest BCUT2D eigenvalue weighted by Crippen LogP contribution is 2.42. The second-order valence-corrected chi connectivity index (χ2v) is 4.92. The number of carbonyl (C=O) groups is 1. The molecule has 3 rings (SSSR count). The molecule has 1 saturated carbocycles. The molecule has 1 aliphatic rings. The molecule has 1 heterocycles. The normalized spacial score (nSPS) is 14.4. The molecule has 0 radical (unpaired) electrons. The zero-order chi connectivity index (χ0) is 13.4. The fourth-order valence-electron chi connectivity index (χ4n) is 2.13. The number of carbonyl (C=O) groups excluding carboxylic acids is 1. The molecule has 0 unspecified atom stereocenters. The molecule has 0 aliphatic heterocycles. The molecular weight excluding hydrogens is 266 g/mol. The van der Waals surface area contributed by atoms with Crippen molar-refractivity contribution in [3.8, 4) is 11.4 Å². The Morgan fingerprint density at radius 1 is 1.47 bits per heavy atom. The predicted octanol–water partition coefficient (Wildman–Crippen LogP) is 2.62. The number of rotatable bonds is 4. The number of benzene rings is 1. The van der Waals surface area contributed by atoms with E-state index in [1.54, 1.807) is 30.0 Å². The summed E-state index contributed by atoms with van der Waals surface area (Å²) in [7, 11) is 1.58. The van der Waals surface area contributed by atoms with Gasteiger partial charge >= 0.3 is 0 Å². The average molecular weight is 278 g/mol. The van der Waals surface area contributed by atoms with Gasteiger partial charge in [0.1, 0.15) is 17.1 Å². The van der Waals surface area contributed by atoms with Crippen molar-refractivity contribution < 1.29 is 9.53 Å². The van der Waals surface area contributed by atoms with Crippen molar-refractivity contribution in [2.45, 2.75) is 18.8 Å². The Morgan fingerprint density at radius 3 is 2.89 bits per heavy atom. The van der Waals surface area contributed by atoms with Gasteiger partial charge in [-0.15, -0.1) is 5.10 Å². The van der Waals surface area contributed by atoms with Crippen LogP contribution in [-0.2, 0) is 0 Å². The number of hydrogen-bond acceptors (Lipinski definition) is 4. The lowest BCUT2D eigenvalue weighted by molar-refractivity contribution is 0.111. The van der Waals surface area contributed by atoms with Crippen molar-refractivity contribution in [1.82, 2.24) is 15.0 Å². The molecule has 6 heteroatoms. The van der Waals surface area contributed by atoms with Crippen molar-refractivity contribution in [1.29, 1.82) is 0 Å². The lowest BCUT2D eigenvalue weighted by Crippen LogP contribution is -2.04. The molecule has 98 valence electrons. The lowest BCUT2D eigenvalue weighted by atomic mass is 10.2. The predicted molar refractivity (Wildman–Crippen MR) is 70.3 cm³/mol. The second kappa shape index (κ2) is 4.66. The summed E-state index contributed by atoms with van der Waals surface area (Å²) in [5, 5.41) is 8.57. The first kappa shape index (κ1) is 12.2. The first-order valence-electron chi connectivity index (χ1n) is 5.99. The van der Waals surface area contributed by atoms with E-state index in [0.717, 1.165) is 24.8 Å². The van der Waals surface area contributed by atoms with Crippen molar-refractivity contribution in [3.63, 3.8) is 0 Å². The van der Waals surface area contributed by atoms with E-state index < -0.39 is 0 Å². The van der Waals surface area contributed by atoms with Gasteiger partial charge in [0.15, 0.2) is 6.29 Å². The zero-order valence-electron chi connectivity index (χ0n) is 10.3. The second-order valence-electron chi connectivity index (χ2n) is 4.48. The molecule has 0 bridgehead atoms. The molecule has 5 nitrogen and oxygen atoms in total. The molecule has 0 N–H and O–H groups in total. The van der Waals surface area contributed by atoms with Gasteiger partial charge in [-0.3, -0.25) is 4.79 Å². The Bertz CT molecular complexity index is 635. The van der Waals surface area contributed by atoms with Gasteiger partial charge in [0.05, 0.1) is 12.8 Å². The Balaban J connectivity index is 2.19. The summed E-state index contributed by atoms with van der Waals surface area (Å²) in [6.07, 6.45) is 2.85. The number of nitrogens with zero attached hydrogens (tertiary/aromatic N) is 3. The molecule has 0 spiro atoms. The highest BCUT2D eigenvalue weighted by Gasteiger charge is 2.32. The maximum Gasteiger partial charge on any atom is 0.172 e. The summed E-state index contributed by atoms with van der Waals surface area (Å²) in [6.45, 7) is 0. The van der Waals surface area contributed by atoms with Gasteiger partial charge in [0.2, 0.25) is 0 Å². The number of aldehydes is 1. The van der Waals surface area contributed by atoms with E-state index in [1.165, 1.54) is 0 Å². The Kier molecular flexibility index (Phi) is 2.98.